The van der Waals surface area contributed by atoms with E-state index in [9.17, 15) is 4.79 Å². The molecule has 0 bridgehead atoms. The molecule has 2 fully saturated rings. The van der Waals surface area contributed by atoms with Crippen LogP contribution in [0.2, 0.25) is 18.1 Å². The van der Waals surface area contributed by atoms with Gasteiger partial charge < -0.3 is 28.1 Å². The highest BCUT2D eigenvalue weighted by atomic mass is 28.4. The van der Waals surface area contributed by atoms with Gasteiger partial charge in [-0.3, -0.25) is 9.69 Å². The lowest BCUT2D eigenvalue weighted by Crippen LogP contribution is -2.61. The smallest absolute Gasteiger partial charge is 0.325 e. The minimum atomic E-state index is -2.46. The third-order valence-corrected chi connectivity index (χ3v) is 13.1. The van der Waals surface area contributed by atoms with Crippen LogP contribution in [-0.4, -0.2) is 83.0 Å². The van der Waals surface area contributed by atoms with Gasteiger partial charge in [0.25, 0.3) is 0 Å². The molecule has 2 aromatic rings. The molecule has 2 saturated heterocycles. The number of methoxy groups -OCH3 is 2. The Bertz CT molecular complexity index is 1110. The maximum atomic E-state index is 13.9. The number of rotatable bonds is 10. The molecule has 2 heterocycles. The predicted octanol–water partition coefficient (Wildman–Crippen LogP) is 5.53. The van der Waals surface area contributed by atoms with Crippen LogP contribution in [0.1, 0.15) is 51.8 Å². The van der Waals surface area contributed by atoms with E-state index in [1.54, 1.807) is 7.11 Å². The van der Waals surface area contributed by atoms with Crippen LogP contribution in [0, 0.1) is 0 Å². The average Bonchev–Trinajstić information content (AvgIpc) is 3.41. The summed E-state index contributed by atoms with van der Waals surface area (Å²) >= 11 is 0. The first kappa shape index (κ1) is 31.8. The summed E-state index contributed by atoms with van der Waals surface area (Å²) in [6.07, 6.45) is -3.03. The Morgan fingerprint density at radius 1 is 0.927 bits per heavy atom. The SMILES string of the molecule is COC(=O)[C@H]([C@@H](O[Si](C)(C)C(C)(C)C)[C@H]1O[C@@H](OC)[C@@H]2OC(C)(C)O[C@H]12)N(C)C(c1ccccc1)c1ccccc1. The van der Waals surface area contributed by atoms with Crippen molar-refractivity contribution in [3.8, 4) is 0 Å². The first-order chi connectivity index (χ1) is 19.2. The largest absolute Gasteiger partial charge is 0.468 e. The number of fused-ring (bicyclic) bond motifs is 1. The first-order valence-corrected chi connectivity index (χ1v) is 17.2. The number of nitrogens with zero attached hydrogens (tertiary/aromatic N) is 1. The Hall–Kier alpha value is -2.11. The van der Waals surface area contributed by atoms with Crippen LogP contribution in [0.4, 0.5) is 0 Å². The Morgan fingerprint density at radius 2 is 1.44 bits per heavy atom. The molecule has 2 aliphatic heterocycles. The quantitative estimate of drug-likeness (QED) is 0.266. The zero-order chi connectivity index (χ0) is 30.2. The highest BCUT2D eigenvalue weighted by molar-refractivity contribution is 6.74. The summed E-state index contributed by atoms with van der Waals surface area (Å²) in [4.78, 5) is 16.0. The maximum Gasteiger partial charge on any atom is 0.325 e. The second kappa shape index (κ2) is 12.2. The van der Waals surface area contributed by atoms with E-state index in [4.69, 9.17) is 28.1 Å². The predicted molar refractivity (Wildman–Crippen MR) is 160 cm³/mol. The minimum absolute atomic E-state index is 0.131. The van der Waals surface area contributed by atoms with Gasteiger partial charge in [-0.2, -0.15) is 0 Å². The lowest BCUT2D eigenvalue weighted by atomic mass is 9.92. The topological polar surface area (TPSA) is 75.7 Å². The van der Waals surface area contributed by atoms with Gasteiger partial charge in [-0.1, -0.05) is 81.4 Å². The Kier molecular flexibility index (Phi) is 9.50. The molecule has 0 amide bonds. The molecular formula is C32H47NO7Si. The number of hydrogen-bond acceptors (Lipinski definition) is 8. The van der Waals surface area contributed by atoms with Crippen molar-refractivity contribution in [3.05, 3.63) is 71.8 Å². The fourth-order valence-electron chi connectivity index (χ4n) is 5.62. The molecule has 0 aliphatic carbocycles. The minimum Gasteiger partial charge on any atom is -0.468 e. The number of ether oxygens (including phenoxy) is 5. The number of hydrogen-bond donors (Lipinski definition) is 0. The zero-order valence-electron chi connectivity index (χ0n) is 26.1. The van der Waals surface area contributed by atoms with Crippen molar-refractivity contribution in [2.45, 2.75) is 101 Å². The van der Waals surface area contributed by atoms with Gasteiger partial charge in [0.1, 0.15) is 30.5 Å². The van der Waals surface area contributed by atoms with Gasteiger partial charge in [0.2, 0.25) is 0 Å². The molecule has 226 valence electrons. The molecule has 0 N–H and O–H groups in total. The molecule has 6 atom stereocenters. The Labute approximate surface area is 246 Å². The van der Waals surface area contributed by atoms with Crippen molar-refractivity contribution in [1.29, 1.82) is 0 Å². The molecule has 2 aliphatic rings. The maximum absolute atomic E-state index is 13.9. The molecule has 4 rings (SSSR count). The van der Waals surface area contributed by atoms with Gasteiger partial charge in [0, 0.05) is 7.11 Å². The monoisotopic (exact) mass is 585 g/mol. The number of esters is 1. The van der Waals surface area contributed by atoms with Crippen molar-refractivity contribution in [3.63, 3.8) is 0 Å². The van der Waals surface area contributed by atoms with Gasteiger partial charge in [0.15, 0.2) is 20.4 Å². The van der Waals surface area contributed by atoms with E-state index in [1.165, 1.54) is 7.11 Å². The number of carbonyl (C=O) groups excluding carboxylic acids is 1. The molecular weight excluding hydrogens is 538 g/mol. The fraction of sp³-hybridized carbons (Fsp3) is 0.594. The van der Waals surface area contributed by atoms with Crippen molar-refractivity contribution < 1.29 is 32.9 Å². The van der Waals surface area contributed by atoms with E-state index >= 15 is 0 Å². The summed E-state index contributed by atoms with van der Waals surface area (Å²) in [6.45, 7) is 14.6. The molecule has 0 spiro atoms. The molecule has 2 aromatic carbocycles. The molecule has 0 radical (unpaired) electrons. The van der Waals surface area contributed by atoms with Gasteiger partial charge >= 0.3 is 5.97 Å². The summed E-state index contributed by atoms with van der Waals surface area (Å²) in [5.74, 6) is -1.24. The molecule has 0 aromatic heterocycles. The third-order valence-electron chi connectivity index (χ3n) is 8.67. The summed E-state index contributed by atoms with van der Waals surface area (Å²) < 4.78 is 37.5. The van der Waals surface area contributed by atoms with Crippen molar-refractivity contribution >= 4 is 14.3 Å². The Balaban J connectivity index is 1.86. The lowest BCUT2D eigenvalue weighted by molar-refractivity contribution is -0.239. The van der Waals surface area contributed by atoms with E-state index in [2.05, 4.69) is 58.1 Å². The molecule has 8 nitrogen and oxygen atoms in total. The van der Waals surface area contributed by atoms with Crippen LogP contribution in [-0.2, 0) is 32.9 Å². The highest BCUT2D eigenvalue weighted by Gasteiger charge is 2.61. The summed E-state index contributed by atoms with van der Waals surface area (Å²) in [5, 5.41) is -0.131. The van der Waals surface area contributed by atoms with Gasteiger partial charge in [0.05, 0.1) is 13.2 Å². The number of benzene rings is 2. The average molecular weight is 586 g/mol. The number of carbonyl (C=O) groups is 1. The van der Waals surface area contributed by atoms with Crippen molar-refractivity contribution in [1.82, 2.24) is 4.90 Å². The van der Waals surface area contributed by atoms with Crippen LogP contribution in [0.3, 0.4) is 0 Å². The molecule has 9 heteroatoms. The lowest BCUT2D eigenvalue weighted by Gasteiger charge is -2.46. The van der Waals surface area contributed by atoms with Crippen molar-refractivity contribution in [2.24, 2.45) is 0 Å². The summed E-state index contributed by atoms with van der Waals surface area (Å²) in [6, 6.07) is 19.2. The fourth-order valence-corrected chi connectivity index (χ4v) is 6.92. The molecule has 41 heavy (non-hydrogen) atoms. The summed E-state index contributed by atoms with van der Waals surface area (Å²) in [7, 11) is 2.50. The van der Waals surface area contributed by atoms with E-state index in [0.717, 1.165) is 11.1 Å². The third kappa shape index (κ3) is 6.61. The number of likely N-dealkylation sites (N-methyl/N-ethyl adjacent to an activating group) is 1. The van der Waals surface area contributed by atoms with Crippen LogP contribution >= 0.6 is 0 Å². The second-order valence-electron chi connectivity index (χ2n) is 13.0. The van der Waals surface area contributed by atoms with Gasteiger partial charge in [-0.15, -0.1) is 0 Å². The van der Waals surface area contributed by atoms with Gasteiger partial charge in [-0.25, -0.2) is 0 Å². The van der Waals surface area contributed by atoms with E-state index in [0.29, 0.717) is 0 Å². The first-order valence-electron chi connectivity index (χ1n) is 14.3. The van der Waals surface area contributed by atoms with E-state index < -0.39 is 56.8 Å². The second-order valence-corrected chi connectivity index (χ2v) is 17.7. The molecule has 0 saturated carbocycles. The van der Waals surface area contributed by atoms with Crippen LogP contribution < -0.4 is 0 Å². The summed E-state index contributed by atoms with van der Waals surface area (Å²) in [5.41, 5.74) is 2.09. The zero-order valence-corrected chi connectivity index (χ0v) is 27.1. The Morgan fingerprint density at radius 3 is 1.90 bits per heavy atom. The highest BCUT2D eigenvalue weighted by Crippen LogP contribution is 2.45. The van der Waals surface area contributed by atoms with E-state index in [-0.39, 0.29) is 11.1 Å². The van der Waals surface area contributed by atoms with E-state index in [1.807, 2.05) is 62.2 Å². The van der Waals surface area contributed by atoms with Crippen LogP contribution in [0.25, 0.3) is 0 Å². The normalized spacial score (nSPS) is 25.8. The van der Waals surface area contributed by atoms with Crippen molar-refractivity contribution in [2.75, 3.05) is 21.3 Å². The van der Waals surface area contributed by atoms with Crippen LogP contribution in [0.15, 0.2) is 60.7 Å². The molecule has 0 unspecified atom stereocenters. The van der Waals surface area contributed by atoms with Crippen LogP contribution in [0.5, 0.6) is 0 Å². The standard InChI is InChI=1S/C32H47NO7Si/c1-31(2,3)41(9,10)40-25(26-27-28(30(36-8)37-26)39-32(4,5)38-27)24(29(34)35-7)33(6)23(21-17-13-11-14-18-21)22-19-15-12-16-20-22/h11-20,23-28,30H,1-10H3/t24-,25+,26+,27+,28+,30+/m0/s1. The van der Waals surface area contributed by atoms with Gasteiger partial charge in [-0.05, 0) is 50.2 Å².